The predicted octanol–water partition coefficient (Wildman–Crippen LogP) is 2.56. The molecule has 0 radical (unpaired) electrons. The first-order valence-corrected chi connectivity index (χ1v) is 6.59. The first kappa shape index (κ1) is 13.7. The van der Waals surface area contributed by atoms with E-state index in [9.17, 15) is 15.2 Å². The van der Waals surface area contributed by atoms with Gasteiger partial charge in [-0.05, 0) is 30.5 Å². The molecule has 0 amide bonds. The van der Waals surface area contributed by atoms with Gasteiger partial charge in [0.2, 0.25) is 0 Å². The van der Waals surface area contributed by atoms with Crippen LogP contribution in [-0.4, -0.2) is 28.9 Å². The molecule has 1 N–H and O–H groups in total. The summed E-state index contributed by atoms with van der Waals surface area (Å²) in [7, 11) is 0. The van der Waals surface area contributed by atoms with Crippen LogP contribution in [0.5, 0.6) is 0 Å². The fraction of sp³-hybridized carbons (Fsp3) is 0.500. The molecular weight excluding hydrogens is 244 g/mol. The maximum Gasteiger partial charge on any atom is 0.269 e. The van der Waals surface area contributed by atoms with E-state index in [1.807, 2.05) is 0 Å². The zero-order valence-corrected chi connectivity index (χ0v) is 10.7. The van der Waals surface area contributed by atoms with E-state index in [2.05, 4.69) is 4.99 Å². The lowest BCUT2D eigenvalue weighted by atomic mass is 9.87. The Labute approximate surface area is 112 Å². The first-order valence-electron chi connectivity index (χ1n) is 6.59. The zero-order valence-electron chi connectivity index (χ0n) is 10.7. The molecule has 0 spiro atoms. The van der Waals surface area contributed by atoms with Gasteiger partial charge in [0.25, 0.3) is 5.69 Å². The van der Waals surface area contributed by atoms with Crippen LogP contribution in [0.25, 0.3) is 0 Å². The lowest BCUT2D eigenvalue weighted by Crippen LogP contribution is -2.26. The van der Waals surface area contributed by atoms with Crippen LogP contribution in [0.3, 0.4) is 0 Å². The van der Waals surface area contributed by atoms with E-state index in [0.29, 0.717) is 6.54 Å². The highest BCUT2D eigenvalue weighted by Crippen LogP contribution is 2.24. The Morgan fingerprint density at radius 3 is 2.63 bits per heavy atom. The van der Waals surface area contributed by atoms with Crippen molar-refractivity contribution >= 4 is 11.9 Å². The molecule has 19 heavy (non-hydrogen) atoms. The highest BCUT2D eigenvalue weighted by Gasteiger charge is 2.21. The average Bonchev–Trinajstić information content (AvgIpc) is 2.41. The summed E-state index contributed by atoms with van der Waals surface area (Å²) >= 11 is 0. The molecule has 2 rings (SSSR count). The van der Waals surface area contributed by atoms with Gasteiger partial charge in [0.15, 0.2) is 0 Å². The summed E-state index contributed by atoms with van der Waals surface area (Å²) in [6.07, 6.45) is 5.64. The van der Waals surface area contributed by atoms with Crippen molar-refractivity contribution in [3.05, 3.63) is 39.9 Å². The number of benzene rings is 1. The molecule has 1 saturated carbocycles. The van der Waals surface area contributed by atoms with Crippen LogP contribution in [0.2, 0.25) is 0 Å². The van der Waals surface area contributed by atoms with Gasteiger partial charge in [-0.1, -0.05) is 12.8 Å². The number of hydrogen-bond acceptors (Lipinski definition) is 4. The van der Waals surface area contributed by atoms with Gasteiger partial charge in [-0.15, -0.1) is 0 Å². The van der Waals surface area contributed by atoms with Crippen LogP contribution < -0.4 is 0 Å². The van der Waals surface area contributed by atoms with Crippen LogP contribution in [0.1, 0.15) is 31.2 Å². The van der Waals surface area contributed by atoms with E-state index >= 15 is 0 Å². The number of nitro groups is 1. The number of hydrogen-bond donors (Lipinski definition) is 1. The highest BCUT2D eigenvalue weighted by molar-refractivity contribution is 5.79. The largest absolute Gasteiger partial charge is 0.393 e. The average molecular weight is 262 g/mol. The summed E-state index contributed by atoms with van der Waals surface area (Å²) < 4.78 is 0. The zero-order chi connectivity index (χ0) is 13.7. The van der Waals surface area contributed by atoms with Crippen molar-refractivity contribution in [2.45, 2.75) is 31.8 Å². The van der Waals surface area contributed by atoms with Gasteiger partial charge in [-0.25, -0.2) is 0 Å². The molecule has 5 heteroatoms. The Morgan fingerprint density at radius 1 is 1.32 bits per heavy atom. The topological polar surface area (TPSA) is 75.7 Å². The van der Waals surface area contributed by atoms with E-state index in [1.54, 1.807) is 18.3 Å². The minimum atomic E-state index is -0.417. The number of nitro benzene ring substituents is 1. The standard InChI is InChI=1S/C14H18N2O3/c17-14-4-2-1-3-12(14)10-15-9-11-5-7-13(8-6-11)16(18)19/h5-9,12,14,17H,1-4,10H2/t12-,14-/m1/s1. The van der Waals surface area contributed by atoms with Crippen LogP contribution in [0.4, 0.5) is 5.69 Å². The van der Waals surface area contributed by atoms with E-state index in [4.69, 9.17) is 0 Å². The molecule has 1 aromatic rings. The van der Waals surface area contributed by atoms with Gasteiger partial charge < -0.3 is 5.11 Å². The minimum Gasteiger partial charge on any atom is -0.393 e. The van der Waals surface area contributed by atoms with E-state index < -0.39 is 4.92 Å². The number of nitrogens with zero attached hydrogens (tertiary/aromatic N) is 2. The first-order chi connectivity index (χ1) is 9.16. The Balaban J connectivity index is 1.89. The smallest absolute Gasteiger partial charge is 0.269 e. The Kier molecular flexibility index (Phi) is 4.63. The van der Waals surface area contributed by atoms with Crippen molar-refractivity contribution in [1.29, 1.82) is 0 Å². The number of rotatable bonds is 4. The second kappa shape index (κ2) is 6.43. The molecule has 1 aliphatic carbocycles. The van der Waals surface area contributed by atoms with Crippen molar-refractivity contribution in [2.24, 2.45) is 10.9 Å². The van der Waals surface area contributed by atoms with Gasteiger partial charge in [0.05, 0.1) is 11.0 Å². The Hall–Kier alpha value is -1.75. The maximum absolute atomic E-state index is 10.5. The van der Waals surface area contributed by atoms with Crippen LogP contribution >= 0.6 is 0 Å². The van der Waals surface area contributed by atoms with Crippen molar-refractivity contribution in [3.63, 3.8) is 0 Å². The fourth-order valence-electron chi connectivity index (χ4n) is 2.38. The Bertz CT molecular complexity index is 456. The van der Waals surface area contributed by atoms with Gasteiger partial charge in [0, 0.05) is 30.8 Å². The lowest BCUT2D eigenvalue weighted by molar-refractivity contribution is -0.384. The minimum absolute atomic E-state index is 0.0832. The summed E-state index contributed by atoms with van der Waals surface area (Å²) in [5.74, 6) is 0.253. The second-order valence-electron chi connectivity index (χ2n) is 4.95. The molecule has 0 aromatic heterocycles. The van der Waals surface area contributed by atoms with Crippen molar-refractivity contribution in [2.75, 3.05) is 6.54 Å². The Morgan fingerprint density at radius 2 is 2.00 bits per heavy atom. The summed E-state index contributed by atoms with van der Waals surface area (Å²) in [5.41, 5.74) is 0.927. The van der Waals surface area contributed by atoms with Gasteiger partial charge in [0.1, 0.15) is 0 Å². The SMILES string of the molecule is O=[N+]([O-])c1ccc(C=NC[C@H]2CCCC[C@H]2O)cc1. The van der Waals surface area contributed by atoms with E-state index in [0.717, 1.165) is 31.2 Å². The molecule has 0 aliphatic heterocycles. The quantitative estimate of drug-likeness (QED) is 0.514. The van der Waals surface area contributed by atoms with E-state index in [1.165, 1.54) is 12.1 Å². The van der Waals surface area contributed by atoms with Crippen LogP contribution in [0, 0.1) is 16.0 Å². The molecule has 0 unspecified atom stereocenters. The second-order valence-corrected chi connectivity index (χ2v) is 4.95. The third-order valence-electron chi connectivity index (χ3n) is 3.55. The van der Waals surface area contributed by atoms with E-state index in [-0.39, 0.29) is 17.7 Å². The molecule has 2 atom stereocenters. The summed E-state index contributed by atoms with van der Waals surface area (Å²) in [6, 6.07) is 6.30. The number of non-ortho nitro benzene ring substituents is 1. The maximum atomic E-state index is 10.5. The van der Waals surface area contributed by atoms with Gasteiger partial charge in [-0.3, -0.25) is 15.1 Å². The third-order valence-corrected chi connectivity index (χ3v) is 3.55. The molecule has 1 aromatic carbocycles. The summed E-state index contributed by atoms with van der Waals surface area (Å²) in [6.45, 7) is 0.623. The van der Waals surface area contributed by atoms with Gasteiger partial charge in [-0.2, -0.15) is 0 Å². The molecular formula is C14H18N2O3. The summed E-state index contributed by atoms with van der Waals surface area (Å²) in [5, 5.41) is 20.3. The number of aliphatic imine (C=N–C) groups is 1. The number of aliphatic hydroxyl groups excluding tert-OH is 1. The molecule has 102 valence electrons. The predicted molar refractivity (Wildman–Crippen MR) is 73.5 cm³/mol. The van der Waals surface area contributed by atoms with Crippen LogP contribution in [-0.2, 0) is 0 Å². The molecule has 0 bridgehead atoms. The van der Waals surface area contributed by atoms with Gasteiger partial charge >= 0.3 is 0 Å². The molecule has 0 heterocycles. The molecule has 1 fully saturated rings. The van der Waals surface area contributed by atoms with Crippen molar-refractivity contribution < 1.29 is 10.0 Å². The normalized spacial score (nSPS) is 23.6. The lowest BCUT2D eigenvalue weighted by Gasteiger charge is -2.25. The molecule has 1 aliphatic rings. The molecule has 5 nitrogen and oxygen atoms in total. The monoisotopic (exact) mass is 262 g/mol. The summed E-state index contributed by atoms with van der Waals surface area (Å²) in [4.78, 5) is 14.4. The van der Waals surface area contributed by atoms with Crippen molar-refractivity contribution in [3.8, 4) is 0 Å². The third kappa shape index (κ3) is 3.86. The fourth-order valence-corrected chi connectivity index (χ4v) is 2.38. The van der Waals surface area contributed by atoms with Crippen molar-refractivity contribution in [1.82, 2.24) is 0 Å². The highest BCUT2D eigenvalue weighted by atomic mass is 16.6. The van der Waals surface area contributed by atoms with Crippen LogP contribution in [0.15, 0.2) is 29.3 Å². The number of aliphatic hydroxyl groups is 1. The molecule has 0 saturated heterocycles.